The Morgan fingerprint density at radius 1 is 0.667 bits per heavy atom. The number of aromatic nitrogens is 1. The highest BCUT2D eigenvalue weighted by atomic mass is 32.1. The number of nitrogen functional groups attached to an aromatic ring is 1. The molecule has 0 radical (unpaired) electrons. The molecule has 1 aromatic heterocycles. The Morgan fingerprint density at radius 3 is 2.24 bits per heavy atom. The van der Waals surface area contributed by atoms with Crippen LogP contribution in [0.3, 0.4) is 0 Å². The molecule has 0 unspecified atom stereocenters. The number of thiazole rings is 1. The fraction of sp³-hybridized carbons (Fsp3) is 0. The van der Waals surface area contributed by atoms with Gasteiger partial charge in [-0.1, -0.05) is 66.7 Å². The number of para-hydroxylation sites is 1. The van der Waals surface area contributed by atoms with Gasteiger partial charge in [-0.2, -0.15) is 0 Å². The molecule has 0 spiro atoms. The fourth-order valence-electron chi connectivity index (χ4n) is 4.31. The van der Waals surface area contributed by atoms with Gasteiger partial charge >= 0.3 is 0 Å². The van der Waals surface area contributed by atoms with E-state index >= 15 is 0 Å². The van der Waals surface area contributed by atoms with E-state index < -0.39 is 0 Å². The lowest BCUT2D eigenvalue weighted by atomic mass is 9.94. The van der Waals surface area contributed by atoms with Gasteiger partial charge in [0.2, 0.25) is 0 Å². The van der Waals surface area contributed by atoms with Crippen LogP contribution in [-0.2, 0) is 0 Å². The number of hydrogen-bond acceptors (Lipinski definition) is 3. The van der Waals surface area contributed by atoms with Crippen molar-refractivity contribution in [1.29, 1.82) is 0 Å². The summed E-state index contributed by atoms with van der Waals surface area (Å²) in [4.78, 5) is 5.05. The van der Waals surface area contributed by atoms with Crippen molar-refractivity contribution in [2.45, 2.75) is 0 Å². The molecule has 5 aromatic carbocycles. The quantitative estimate of drug-likeness (QED) is 0.278. The van der Waals surface area contributed by atoms with Crippen LogP contribution >= 0.6 is 11.3 Å². The zero-order chi connectivity index (χ0) is 22.4. The number of hydrogen-bond donors (Lipinski definition) is 1. The van der Waals surface area contributed by atoms with E-state index in [1.807, 2.05) is 36.4 Å². The van der Waals surface area contributed by atoms with Crippen LogP contribution in [0.15, 0.2) is 103 Å². The molecule has 33 heavy (non-hydrogen) atoms. The minimum Gasteiger partial charge on any atom is -0.398 e. The highest BCUT2D eigenvalue weighted by Crippen LogP contribution is 2.42. The molecule has 0 atom stereocenters. The Kier molecular flexibility index (Phi) is 4.67. The number of halogens is 1. The molecule has 0 amide bonds. The Hall–Kier alpha value is -4.02. The van der Waals surface area contributed by atoms with Crippen molar-refractivity contribution >= 4 is 38.0 Å². The van der Waals surface area contributed by atoms with E-state index in [9.17, 15) is 4.39 Å². The van der Waals surface area contributed by atoms with Crippen LogP contribution in [0.1, 0.15) is 0 Å². The van der Waals surface area contributed by atoms with Crippen molar-refractivity contribution in [3.63, 3.8) is 0 Å². The van der Waals surface area contributed by atoms with Gasteiger partial charge in [-0.3, -0.25) is 0 Å². The second-order valence-electron chi connectivity index (χ2n) is 8.01. The van der Waals surface area contributed by atoms with E-state index in [2.05, 4.69) is 54.6 Å². The lowest BCUT2D eigenvalue weighted by Gasteiger charge is -2.11. The maximum Gasteiger partial charge on any atom is 0.126 e. The normalized spacial score (nSPS) is 11.3. The summed E-state index contributed by atoms with van der Waals surface area (Å²) in [5.74, 6) is -0.242. The predicted octanol–water partition coefficient (Wildman–Crippen LogP) is 8.17. The summed E-state index contributed by atoms with van der Waals surface area (Å²) >= 11 is 1.63. The molecule has 0 aliphatic rings. The monoisotopic (exact) mass is 446 g/mol. The maximum atomic E-state index is 13.6. The SMILES string of the molecule is Nc1ccccc1-c1nc2c(-c3cccc4ccccc34)cc(-c3ccc(F)cc3)cc2s1. The maximum absolute atomic E-state index is 13.6. The first kappa shape index (κ1) is 19.6. The highest BCUT2D eigenvalue weighted by molar-refractivity contribution is 7.21. The summed E-state index contributed by atoms with van der Waals surface area (Å²) < 4.78 is 14.7. The van der Waals surface area contributed by atoms with Crippen molar-refractivity contribution in [1.82, 2.24) is 4.98 Å². The summed E-state index contributed by atoms with van der Waals surface area (Å²) in [7, 11) is 0. The topological polar surface area (TPSA) is 38.9 Å². The lowest BCUT2D eigenvalue weighted by molar-refractivity contribution is 0.628. The van der Waals surface area contributed by atoms with Crippen LogP contribution in [0.2, 0.25) is 0 Å². The molecular formula is C29H19FN2S. The summed E-state index contributed by atoms with van der Waals surface area (Å²) in [6, 6.07) is 33.5. The minimum atomic E-state index is -0.242. The zero-order valence-electron chi connectivity index (χ0n) is 17.6. The Morgan fingerprint density at radius 2 is 1.39 bits per heavy atom. The molecule has 0 aliphatic heterocycles. The van der Waals surface area contributed by atoms with Crippen LogP contribution in [0.25, 0.3) is 53.8 Å². The van der Waals surface area contributed by atoms with E-state index in [0.717, 1.165) is 43.0 Å². The largest absolute Gasteiger partial charge is 0.398 e. The Bertz CT molecular complexity index is 1630. The fourth-order valence-corrected chi connectivity index (χ4v) is 5.39. The second-order valence-corrected chi connectivity index (χ2v) is 9.04. The third kappa shape index (κ3) is 3.45. The first-order valence-electron chi connectivity index (χ1n) is 10.7. The molecule has 0 saturated heterocycles. The van der Waals surface area contributed by atoms with Crippen molar-refractivity contribution in [2.75, 3.05) is 5.73 Å². The van der Waals surface area contributed by atoms with Gasteiger partial charge in [0.1, 0.15) is 10.8 Å². The first-order valence-corrected chi connectivity index (χ1v) is 11.5. The summed E-state index contributed by atoms with van der Waals surface area (Å²) in [5.41, 5.74) is 13.0. The summed E-state index contributed by atoms with van der Waals surface area (Å²) in [6.07, 6.45) is 0. The molecular weight excluding hydrogens is 427 g/mol. The van der Waals surface area contributed by atoms with Gasteiger partial charge in [-0.05, 0) is 63.9 Å². The van der Waals surface area contributed by atoms with E-state index in [1.54, 1.807) is 11.3 Å². The number of rotatable bonds is 3. The molecule has 0 aliphatic carbocycles. The molecule has 2 N–H and O–H groups in total. The van der Waals surface area contributed by atoms with Crippen LogP contribution < -0.4 is 5.73 Å². The number of nitrogens with zero attached hydrogens (tertiary/aromatic N) is 1. The van der Waals surface area contributed by atoms with E-state index in [-0.39, 0.29) is 5.82 Å². The summed E-state index contributed by atoms with van der Waals surface area (Å²) in [6.45, 7) is 0. The third-order valence-electron chi connectivity index (χ3n) is 5.94. The number of anilines is 1. The summed E-state index contributed by atoms with van der Waals surface area (Å²) in [5, 5.41) is 3.24. The number of nitrogens with two attached hydrogens (primary N) is 1. The van der Waals surface area contributed by atoms with Gasteiger partial charge in [0.15, 0.2) is 0 Å². The van der Waals surface area contributed by atoms with Crippen molar-refractivity contribution in [2.24, 2.45) is 0 Å². The molecule has 6 rings (SSSR count). The van der Waals surface area contributed by atoms with Gasteiger partial charge in [0.25, 0.3) is 0 Å². The average Bonchev–Trinajstić information content (AvgIpc) is 3.28. The standard InChI is InChI=1S/C29H19FN2S/c30-21-14-12-18(13-15-21)20-16-25(23-10-5-7-19-6-1-2-8-22(19)23)28-27(17-20)33-29(32-28)24-9-3-4-11-26(24)31/h1-17H,31H2. The Labute approximate surface area is 194 Å². The molecule has 0 fully saturated rings. The van der Waals surface area contributed by atoms with Gasteiger partial charge in [0, 0.05) is 16.8 Å². The minimum absolute atomic E-state index is 0.242. The predicted molar refractivity (Wildman–Crippen MR) is 138 cm³/mol. The molecule has 0 bridgehead atoms. The zero-order valence-corrected chi connectivity index (χ0v) is 18.4. The van der Waals surface area contributed by atoms with Crippen molar-refractivity contribution < 1.29 is 4.39 Å². The smallest absolute Gasteiger partial charge is 0.126 e. The van der Waals surface area contributed by atoms with Crippen LogP contribution in [-0.4, -0.2) is 4.98 Å². The van der Waals surface area contributed by atoms with Gasteiger partial charge in [-0.25, -0.2) is 9.37 Å². The van der Waals surface area contributed by atoms with Crippen LogP contribution in [0.4, 0.5) is 10.1 Å². The molecule has 158 valence electrons. The molecule has 0 saturated carbocycles. The van der Waals surface area contributed by atoms with Crippen LogP contribution in [0.5, 0.6) is 0 Å². The lowest BCUT2D eigenvalue weighted by Crippen LogP contribution is -1.89. The molecule has 4 heteroatoms. The van der Waals surface area contributed by atoms with E-state index in [0.29, 0.717) is 5.69 Å². The van der Waals surface area contributed by atoms with Gasteiger partial charge in [-0.15, -0.1) is 11.3 Å². The van der Waals surface area contributed by atoms with Crippen LogP contribution in [0, 0.1) is 5.82 Å². The Balaban J connectivity index is 1.66. The van der Waals surface area contributed by atoms with Gasteiger partial charge in [0.05, 0.1) is 10.2 Å². The van der Waals surface area contributed by atoms with E-state index in [1.165, 1.54) is 22.9 Å². The third-order valence-corrected chi connectivity index (χ3v) is 6.98. The molecule has 2 nitrogen and oxygen atoms in total. The van der Waals surface area contributed by atoms with Crippen molar-refractivity contribution in [3.05, 3.63) is 109 Å². The first-order chi connectivity index (χ1) is 16.2. The molecule has 1 heterocycles. The van der Waals surface area contributed by atoms with Gasteiger partial charge < -0.3 is 5.73 Å². The van der Waals surface area contributed by atoms with Crippen molar-refractivity contribution in [3.8, 4) is 32.8 Å². The average molecular weight is 447 g/mol. The second kappa shape index (κ2) is 7.84. The number of benzene rings is 5. The highest BCUT2D eigenvalue weighted by Gasteiger charge is 2.16. The molecule has 6 aromatic rings. The number of fused-ring (bicyclic) bond motifs is 2. The van der Waals surface area contributed by atoms with E-state index in [4.69, 9.17) is 10.7 Å².